The number of fused-ring (bicyclic) bond motifs is 1. The number of hydrogen-bond acceptors (Lipinski definition) is 11. The predicted molar refractivity (Wildman–Crippen MR) is 146 cm³/mol. The van der Waals surface area contributed by atoms with Crippen LogP contribution in [0.15, 0.2) is 16.9 Å². The Morgan fingerprint density at radius 1 is 1.38 bits per heavy atom. The number of amides is 3. The summed E-state index contributed by atoms with van der Waals surface area (Å²) in [4.78, 5) is 54.7. The third-order valence-electron chi connectivity index (χ3n) is 8.24. The number of hydrogen-bond donors (Lipinski definition) is 6. The number of carbonyl (C=O) groups excluding carboxylic acids is 3. The molecule has 18 heteroatoms. The van der Waals surface area contributed by atoms with Crippen molar-refractivity contribution in [2.75, 3.05) is 19.6 Å². The van der Waals surface area contributed by atoms with Crippen LogP contribution in [-0.2, 0) is 25.7 Å². The van der Waals surface area contributed by atoms with Crippen molar-refractivity contribution in [3.63, 3.8) is 0 Å². The zero-order valence-corrected chi connectivity index (χ0v) is 23.7. The van der Waals surface area contributed by atoms with Gasteiger partial charge in [0.25, 0.3) is 0 Å². The van der Waals surface area contributed by atoms with Crippen LogP contribution in [0.2, 0.25) is 0 Å². The Hall–Kier alpha value is -4.24. The minimum absolute atomic E-state index is 0.0460. The number of guanidine groups is 1. The van der Waals surface area contributed by atoms with Crippen LogP contribution in [0.5, 0.6) is 0 Å². The Bertz CT molecular complexity index is 1360. The number of tetrazole rings is 1. The lowest BCUT2D eigenvalue weighted by Gasteiger charge is -2.47. The van der Waals surface area contributed by atoms with Gasteiger partial charge in [0.1, 0.15) is 18.6 Å². The van der Waals surface area contributed by atoms with Gasteiger partial charge in [-0.05, 0) is 23.8 Å². The van der Waals surface area contributed by atoms with E-state index in [2.05, 4.69) is 37.5 Å². The van der Waals surface area contributed by atoms with Gasteiger partial charge < -0.3 is 36.6 Å². The normalized spacial score (nSPS) is 30.9. The summed E-state index contributed by atoms with van der Waals surface area (Å²) in [5, 5.41) is 46.3. The van der Waals surface area contributed by atoms with E-state index in [1.165, 1.54) is 27.7 Å². The molecule has 0 saturated carbocycles. The first-order chi connectivity index (χ1) is 20.0. The fourth-order valence-corrected chi connectivity index (χ4v) is 7.81. The SMILES string of the molecule is C[C@@H](NC(=O)Cn1cnnn1)[C@H]1C(=O)N2C(C(=O)O)=C(SC3CNC(C(=O)N4C[C@H](NC(=N)N)[C@@H](C#N)C4)C3)[C@H](C)[C@H]12. The molecule has 4 aliphatic heterocycles. The molecule has 3 saturated heterocycles. The molecule has 1 aromatic heterocycles. The fraction of sp³-hybridized carbons (Fsp3) is 0.625. The zero-order valence-electron chi connectivity index (χ0n) is 22.9. The summed E-state index contributed by atoms with van der Waals surface area (Å²) in [6.45, 7) is 4.43. The van der Waals surface area contributed by atoms with E-state index in [-0.39, 0.29) is 60.2 Å². The lowest BCUT2D eigenvalue weighted by atomic mass is 9.78. The quantitative estimate of drug-likeness (QED) is 0.0956. The lowest BCUT2D eigenvalue weighted by Crippen LogP contribution is -2.66. The Balaban J connectivity index is 1.21. The van der Waals surface area contributed by atoms with E-state index in [1.54, 1.807) is 11.8 Å². The number of carbonyl (C=O) groups is 4. The molecule has 4 aliphatic rings. The largest absolute Gasteiger partial charge is 0.477 e. The molecule has 224 valence electrons. The molecule has 5 heterocycles. The van der Waals surface area contributed by atoms with Crippen molar-refractivity contribution in [2.45, 2.75) is 56.2 Å². The smallest absolute Gasteiger partial charge is 0.353 e. The van der Waals surface area contributed by atoms with Crippen molar-refractivity contribution in [1.29, 1.82) is 10.7 Å². The molecule has 3 amide bonds. The van der Waals surface area contributed by atoms with Crippen LogP contribution in [0.1, 0.15) is 20.3 Å². The number of nitriles is 1. The van der Waals surface area contributed by atoms with Gasteiger partial charge in [-0.3, -0.25) is 19.8 Å². The molecule has 0 spiro atoms. The van der Waals surface area contributed by atoms with Crippen molar-refractivity contribution in [2.24, 2.45) is 23.5 Å². The molecule has 7 N–H and O–H groups in total. The van der Waals surface area contributed by atoms with Crippen LogP contribution >= 0.6 is 11.8 Å². The molecule has 17 nitrogen and oxygen atoms in total. The second-order valence-electron chi connectivity index (χ2n) is 11.0. The Morgan fingerprint density at radius 3 is 2.79 bits per heavy atom. The molecule has 0 aliphatic carbocycles. The van der Waals surface area contributed by atoms with Crippen molar-refractivity contribution < 1.29 is 24.3 Å². The number of nitrogens with two attached hydrogens (primary N) is 1. The van der Waals surface area contributed by atoms with Gasteiger partial charge in [0.2, 0.25) is 17.7 Å². The Kier molecular flexibility index (Phi) is 8.06. The topological polar surface area (TPSA) is 248 Å². The maximum absolute atomic E-state index is 13.2. The van der Waals surface area contributed by atoms with E-state index < -0.39 is 42.0 Å². The highest BCUT2D eigenvalue weighted by molar-refractivity contribution is 8.03. The van der Waals surface area contributed by atoms with Gasteiger partial charge in [0, 0.05) is 41.7 Å². The molecule has 42 heavy (non-hydrogen) atoms. The average Bonchev–Trinajstić information content (AvgIpc) is 3.71. The van der Waals surface area contributed by atoms with E-state index >= 15 is 0 Å². The molecule has 1 aromatic rings. The Morgan fingerprint density at radius 2 is 2.14 bits per heavy atom. The number of likely N-dealkylation sites (tertiary alicyclic amines) is 1. The number of thioether (sulfide) groups is 1. The van der Waals surface area contributed by atoms with Gasteiger partial charge in [-0.1, -0.05) is 6.92 Å². The lowest BCUT2D eigenvalue weighted by molar-refractivity contribution is -0.158. The molecule has 3 fully saturated rings. The molecule has 0 radical (unpaired) electrons. The summed E-state index contributed by atoms with van der Waals surface area (Å²) >= 11 is 1.37. The second kappa shape index (κ2) is 11.6. The monoisotopic (exact) mass is 600 g/mol. The van der Waals surface area contributed by atoms with Crippen LogP contribution < -0.4 is 21.7 Å². The van der Waals surface area contributed by atoms with Crippen molar-refractivity contribution in [1.82, 2.24) is 46.0 Å². The minimum Gasteiger partial charge on any atom is -0.477 e. The van der Waals surface area contributed by atoms with Crippen LogP contribution in [-0.4, -0.2) is 114 Å². The van der Waals surface area contributed by atoms with Crippen molar-refractivity contribution in [3.8, 4) is 6.07 Å². The molecule has 8 atom stereocenters. The van der Waals surface area contributed by atoms with Crippen LogP contribution in [0.25, 0.3) is 0 Å². The second-order valence-corrected chi connectivity index (χ2v) is 12.3. The highest BCUT2D eigenvalue weighted by atomic mass is 32.2. The summed E-state index contributed by atoms with van der Waals surface area (Å²) in [6.07, 6.45) is 1.75. The van der Waals surface area contributed by atoms with Gasteiger partial charge in [0.05, 0.1) is 36.0 Å². The van der Waals surface area contributed by atoms with Gasteiger partial charge >= 0.3 is 5.97 Å². The average molecular weight is 601 g/mol. The number of β-lactam (4-membered cyclic amide) rings is 1. The number of nitrogens with one attached hydrogen (secondary N) is 4. The van der Waals surface area contributed by atoms with Crippen LogP contribution in [0.4, 0.5) is 0 Å². The summed E-state index contributed by atoms with van der Waals surface area (Å²) in [7, 11) is 0. The molecule has 2 unspecified atom stereocenters. The zero-order chi connectivity index (χ0) is 30.3. The van der Waals surface area contributed by atoms with E-state index in [0.717, 1.165) is 0 Å². The first kappa shape index (κ1) is 29.3. The van der Waals surface area contributed by atoms with Gasteiger partial charge in [-0.15, -0.1) is 16.9 Å². The number of nitrogens with zero attached hydrogens (tertiary/aromatic N) is 7. The highest BCUT2D eigenvalue weighted by Gasteiger charge is 2.60. The highest BCUT2D eigenvalue weighted by Crippen LogP contribution is 2.51. The first-order valence-electron chi connectivity index (χ1n) is 13.5. The molecule has 0 aromatic carbocycles. The van der Waals surface area contributed by atoms with E-state index in [4.69, 9.17) is 11.1 Å². The summed E-state index contributed by atoms with van der Waals surface area (Å²) in [6, 6.07) is 0.270. The van der Waals surface area contributed by atoms with E-state index in [1.807, 2.05) is 6.92 Å². The van der Waals surface area contributed by atoms with E-state index in [9.17, 15) is 29.5 Å². The molecule has 5 rings (SSSR count). The summed E-state index contributed by atoms with van der Waals surface area (Å²) in [5.74, 6) is -3.73. The van der Waals surface area contributed by atoms with Gasteiger partial charge in [0.15, 0.2) is 5.96 Å². The maximum Gasteiger partial charge on any atom is 0.353 e. The molecular formula is C24H32N12O5S. The summed E-state index contributed by atoms with van der Waals surface area (Å²) < 4.78 is 1.26. The Labute approximate surface area is 244 Å². The number of aromatic nitrogens is 4. The third-order valence-corrected chi connectivity index (χ3v) is 9.75. The maximum atomic E-state index is 13.2. The van der Waals surface area contributed by atoms with E-state index in [0.29, 0.717) is 17.9 Å². The predicted octanol–water partition coefficient (Wildman–Crippen LogP) is -2.75. The third kappa shape index (κ3) is 5.36. The minimum atomic E-state index is -1.20. The first-order valence-corrected chi connectivity index (χ1v) is 14.4. The van der Waals surface area contributed by atoms with Crippen LogP contribution in [0, 0.1) is 34.5 Å². The molecular weight excluding hydrogens is 568 g/mol. The number of carboxylic acids is 1. The van der Waals surface area contributed by atoms with Gasteiger partial charge in [-0.25, -0.2) is 9.48 Å². The molecule has 0 bridgehead atoms. The van der Waals surface area contributed by atoms with Crippen molar-refractivity contribution >= 4 is 41.4 Å². The summed E-state index contributed by atoms with van der Waals surface area (Å²) in [5.41, 5.74) is 5.38. The number of rotatable bonds is 9. The van der Waals surface area contributed by atoms with Crippen molar-refractivity contribution in [3.05, 3.63) is 16.9 Å². The van der Waals surface area contributed by atoms with Crippen LogP contribution in [0.3, 0.4) is 0 Å². The fourth-order valence-electron chi connectivity index (χ4n) is 6.33. The number of carboxylic acid groups (broad SMARTS) is 1. The van der Waals surface area contributed by atoms with Gasteiger partial charge in [-0.2, -0.15) is 5.26 Å². The number of aliphatic carboxylic acids is 1. The standard InChI is InChI=1S/C24H32N12O5S/c1-10-18-17(11(2)30-16(37)8-35-9-29-32-33-35)22(39)36(18)19(23(40)41)20(10)42-13-3-14(28-5-13)21(38)34-6-12(4-25)15(7-34)31-24(26)27/h9-15,17-18,28H,3,5-8H2,1-2H3,(H,30,37)(H,40,41)(H4,26,27,31)/t10-,11-,12+,13?,14?,15+,17-,18-/m1/s1.